The minimum Gasteiger partial charge on any atom is -0.267 e. The molecule has 0 unspecified atom stereocenters. The van der Waals surface area contributed by atoms with Gasteiger partial charge < -0.3 is 0 Å². The normalized spacial score (nSPS) is 10.7. The van der Waals surface area contributed by atoms with Gasteiger partial charge in [-0.3, -0.25) is 9.67 Å². The van der Waals surface area contributed by atoms with E-state index in [0.29, 0.717) is 10.6 Å². The molecule has 0 bridgehead atoms. The van der Waals surface area contributed by atoms with Crippen molar-refractivity contribution in [2.75, 3.05) is 0 Å². The van der Waals surface area contributed by atoms with Gasteiger partial charge in [0.25, 0.3) is 0 Å². The summed E-state index contributed by atoms with van der Waals surface area (Å²) in [5, 5.41) is 15.0. The monoisotopic (exact) mass is 346 g/mol. The second-order valence-corrected chi connectivity index (χ2v) is 5.58. The lowest BCUT2D eigenvalue weighted by molar-refractivity contribution is 0.775. The zero-order valence-corrected chi connectivity index (χ0v) is 12.8. The molecule has 0 amide bonds. The average molecular weight is 348 g/mol. The van der Waals surface area contributed by atoms with Crippen LogP contribution in [0, 0.1) is 11.3 Å². The largest absolute Gasteiger partial charge is 0.267 e. The van der Waals surface area contributed by atoms with Crippen LogP contribution in [-0.2, 0) is 7.05 Å². The molecule has 0 fully saturated rings. The number of nitriles is 1. The molecular formula is C14H8BrClN4. The van der Waals surface area contributed by atoms with Crippen molar-refractivity contribution in [1.29, 1.82) is 5.26 Å². The van der Waals surface area contributed by atoms with Gasteiger partial charge in [0.05, 0.1) is 32.5 Å². The SMILES string of the molecule is Cn1ncc(Br)c1-c1ccc2ncc(Cl)cc2c1C#N. The first-order valence-electron chi connectivity index (χ1n) is 5.78. The molecular weight excluding hydrogens is 340 g/mol. The number of hydrogen-bond donors (Lipinski definition) is 0. The first-order valence-corrected chi connectivity index (χ1v) is 6.95. The third-order valence-electron chi connectivity index (χ3n) is 3.09. The summed E-state index contributed by atoms with van der Waals surface area (Å²) in [4.78, 5) is 4.24. The molecule has 2 aromatic heterocycles. The van der Waals surface area contributed by atoms with Crippen molar-refractivity contribution in [3.8, 4) is 17.3 Å². The van der Waals surface area contributed by atoms with E-state index in [1.54, 1.807) is 23.1 Å². The quantitative estimate of drug-likeness (QED) is 0.670. The molecule has 4 nitrogen and oxygen atoms in total. The van der Waals surface area contributed by atoms with Gasteiger partial charge in [-0.15, -0.1) is 0 Å². The van der Waals surface area contributed by atoms with Gasteiger partial charge in [0.2, 0.25) is 0 Å². The van der Waals surface area contributed by atoms with Gasteiger partial charge in [-0.05, 0) is 34.1 Å². The second kappa shape index (κ2) is 4.89. The van der Waals surface area contributed by atoms with Crippen molar-refractivity contribution < 1.29 is 0 Å². The number of aromatic nitrogens is 3. The summed E-state index contributed by atoms with van der Waals surface area (Å²) in [6, 6.07) is 7.76. The first kappa shape index (κ1) is 13.1. The fourth-order valence-electron chi connectivity index (χ4n) is 2.21. The van der Waals surface area contributed by atoms with Crippen LogP contribution in [0.15, 0.2) is 35.1 Å². The molecule has 0 aliphatic heterocycles. The van der Waals surface area contributed by atoms with E-state index in [2.05, 4.69) is 32.1 Å². The van der Waals surface area contributed by atoms with Gasteiger partial charge in [0.15, 0.2) is 0 Å². The first-order chi connectivity index (χ1) is 9.61. The molecule has 3 aromatic rings. The zero-order valence-electron chi connectivity index (χ0n) is 10.4. The predicted octanol–water partition coefficient (Wildman–Crippen LogP) is 3.92. The standard InChI is InChI=1S/C14H8BrClN4/c1-20-14(12(15)7-19-20)9-2-3-13-10(11(9)5-17)4-8(16)6-18-13/h2-4,6-7H,1H3. The number of aryl methyl sites for hydroxylation is 1. The van der Waals surface area contributed by atoms with E-state index < -0.39 is 0 Å². The van der Waals surface area contributed by atoms with Crippen LogP contribution in [0.4, 0.5) is 0 Å². The Morgan fingerprint density at radius 2 is 2.15 bits per heavy atom. The Morgan fingerprint density at radius 1 is 1.35 bits per heavy atom. The third kappa shape index (κ3) is 1.98. The van der Waals surface area contributed by atoms with Crippen molar-refractivity contribution in [2.24, 2.45) is 7.05 Å². The highest BCUT2D eigenvalue weighted by atomic mass is 79.9. The molecule has 0 N–H and O–H groups in total. The Kier molecular flexibility index (Phi) is 3.20. The zero-order chi connectivity index (χ0) is 14.3. The van der Waals surface area contributed by atoms with Crippen LogP contribution in [0.1, 0.15) is 5.56 Å². The maximum atomic E-state index is 9.52. The molecule has 0 saturated heterocycles. The van der Waals surface area contributed by atoms with Crippen LogP contribution in [0.25, 0.3) is 22.2 Å². The van der Waals surface area contributed by atoms with E-state index in [-0.39, 0.29) is 0 Å². The summed E-state index contributed by atoms with van der Waals surface area (Å²) in [5.41, 5.74) is 2.94. The molecule has 98 valence electrons. The molecule has 20 heavy (non-hydrogen) atoms. The van der Waals surface area contributed by atoms with Gasteiger partial charge in [-0.1, -0.05) is 11.6 Å². The van der Waals surface area contributed by atoms with Crippen LogP contribution >= 0.6 is 27.5 Å². The molecule has 2 heterocycles. The highest BCUT2D eigenvalue weighted by Gasteiger charge is 2.16. The predicted molar refractivity (Wildman–Crippen MR) is 81.4 cm³/mol. The molecule has 0 atom stereocenters. The Balaban J connectivity index is 2.41. The van der Waals surface area contributed by atoms with Crippen molar-refractivity contribution in [3.05, 3.63) is 45.7 Å². The van der Waals surface area contributed by atoms with Crippen LogP contribution in [0.3, 0.4) is 0 Å². The molecule has 3 rings (SSSR count). The topological polar surface area (TPSA) is 54.5 Å². The molecule has 0 aliphatic rings. The number of hydrogen-bond acceptors (Lipinski definition) is 3. The minimum absolute atomic E-state index is 0.509. The molecule has 0 spiro atoms. The van der Waals surface area contributed by atoms with Crippen LogP contribution in [0.5, 0.6) is 0 Å². The van der Waals surface area contributed by atoms with Crippen LogP contribution in [-0.4, -0.2) is 14.8 Å². The summed E-state index contributed by atoms with van der Waals surface area (Å²) in [5.74, 6) is 0. The van der Waals surface area contributed by atoms with Crippen LogP contribution < -0.4 is 0 Å². The van der Waals surface area contributed by atoms with Gasteiger partial charge >= 0.3 is 0 Å². The van der Waals surface area contributed by atoms with E-state index in [1.807, 2.05) is 19.2 Å². The van der Waals surface area contributed by atoms with Gasteiger partial charge in [-0.25, -0.2) is 0 Å². The lowest BCUT2D eigenvalue weighted by Crippen LogP contribution is -1.97. The molecule has 0 saturated carbocycles. The van der Waals surface area contributed by atoms with E-state index >= 15 is 0 Å². The van der Waals surface area contributed by atoms with E-state index in [9.17, 15) is 5.26 Å². The highest BCUT2D eigenvalue weighted by molar-refractivity contribution is 9.10. The number of halogens is 2. The van der Waals surface area contributed by atoms with Gasteiger partial charge in [-0.2, -0.15) is 10.4 Å². The summed E-state index contributed by atoms with van der Waals surface area (Å²) in [6.07, 6.45) is 3.28. The third-order valence-corrected chi connectivity index (χ3v) is 3.88. The molecule has 6 heteroatoms. The number of fused-ring (bicyclic) bond motifs is 1. The summed E-state index contributed by atoms with van der Waals surface area (Å²) >= 11 is 9.45. The lowest BCUT2D eigenvalue weighted by atomic mass is 10.0. The molecule has 1 aromatic carbocycles. The van der Waals surface area contributed by atoms with E-state index in [0.717, 1.165) is 26.6 Å². The summed E-state index contributed by atoms with van der Waals surface area (Å²) < 4.78 is 2.56. The average Bonchev–Trinajstić information content (AvgIpc) is 2.77. The highest BCUT2D eigenvalue weighted by Crippen LogP contribution is 2.34. The Bertz CT molecular complexity index is 844. The van der Waals surface area contributed by atoms with Gasteiger partial charge in [0, 0.05) is 24.2 Å². The fourth-order valence-corrected chi connectivity index (χ4v) is 2.92. The van der Waals surface area contributed by atoms with E-state index in [1.165, 1.54) is 0 Å². The Morgan fingerprint density at radius 3 is 2.80 bits per heavy atom. The molecule has 0 radical (unpaired) electrons. The minimum atomic E-state index is 0.509. The van der Waals surface area contributed by atoms with Gasteiger partial charge in [0.1, 0.15) is 6.07 Å². The fraction of sp³-hybridized carbons (Fsp3) is 0.0714. The van der Waals surface area contributed by atoms with Crippen molar-refractivity contribution in [3.63, 3.8) is 0 Å². The summed E-state index contributed by atoms with van der Waals surface area (Å²) in [6.45, 7) is 0. The van der Waals surface area contributed by atoms with E-state index in [4.69, 9.17) is 11.6 Å². The molecule has 0 aliphatic carbocycles. The number of rotatable bonds is 1. The lowest BCUT2D eigenvalue weighted by Gasteiger charge is -2.08. The van der Waals surface area contributed by atoms with Crippen molar-refractivity contribution >= 4 is 38.4 Å². The number of benzene rings is 1. The summed E-state index contributed by atoms with van der Waals surface area (Å²) in [7, 11) is 1.83. The van der Waals surface area contributed by atoms with Crippen molar-refractivity contribution in [2.45, 2.75) is 0 Å². The maximum absolute atomic E-state index is 9.52. The number of nitrogens with zero attached hydrogens (tertiary/aromatic N) is 4. The second-order valence-electron chi connectivity index (χ2n) is 4.28. The Hall–Kier alpha value is -1.90. The maximum Gasteiger partial charge on any atom is 0.101 e. The van der Waals surface area contributed by atoms with Crippen LogP contribution in [0.2, 0.25) is 5.02 Å². The number of pyridine rings is 1. The van der Waals surface area contributed by atoms with Crippen molar-refractivity contribution in [1.82, 2.24) is 14.8 Å². The smallest absolute Gasteiger partial charge is 0.101 e. The Labute approximate surface area is 128 Å².